The zero-order chi connectivity index (χ0) is 29.2. The molecule has 2 aromatic rings. The minimum atomic E-state index is -5.08. The molecule has 1 heterocycles. The van der Waals surface area contributed by atoms with Gasteiger partial charge in [-0.25, -0.2) is 13.2 Å². The molecule has 1 saturated heterocycles. The Labute approximate surface area is 225 Å². The van der Waals surface area contributed by atoms with Crippen molar-refractivity contribution in [2.75, 3.05) is 46.9 Å². The van der Waals surface area contributed by atoms with Gasteiger partial charge in [0, 0.05) is 51.8 Å². The summed E-state index contributed by atoms with van der Waals surface area (Å²) in [7, 11) is -1.06. The third kappa shape index (κ3) is 9.41. The van der Waals surface area contributed by atoms with Gasteiger partial charge in [0.1, 0.15) is 16.4 Å². The molecule has 0 spiro atoms. The number of carboxylic acids is 1. The Bertz CT molecular complexity index is 1230. The molecule has 10 nitrogen and oxygen atoms in total. The van der Waals surface area contributed by atoms with Gasteiger partial charge in [-0.3, -0.25) is 4.79 Å². The molecule has 2 N–H and O–H groups in total. The molecule has 0 aromatic heterocycles. The lowest BCUT2D eigenvalue weighted by Gasteiger charge is -2.29. The smallest absolute Gasteiger partial charge is 0.490 e. The number of nitrogens with one attached hydrogen (secondary N) is 1. The van der Waals surface area contributed by atoms with Crippen molar-refractivity contribution in [3.8, 4) is 11.5 Å². The summed E-state index contributed by atoms with van der Waals surface area (Å²) in [5, 5.41) is 10.3. The number of hydrogen-bond acceptors (Lipinski definition) is 7. The molecule has 0 bridgehead atoms. The fraction of sp³-hybridized carbons (Fsp3) is 0.440. The maximum Gasteiger partial charge on any atom is 0.490 e. The molecule has 216 valence electrons. The van der Waals surface area contributed by atoms with Crippen LogP contribution in [0.1, 0.15) is 17.5 Å². The highest BCUT2D eigenvalue weighted by atomic mass is 32.2. The second kappa shape index (κ2) is 14.1. The number of nitrogens with zero attached hydrogens (tertiary/aromatic N) is 2. The number of hydrogen-bond donors (Lipinski definition) is 2. The van der Waals surface area contributed by atoms with E-state index in [4.69, 9.17) is 19.4 Å². The third-order valence-electron chi connectivity index (χ3n) is 5.72. The first-order chi connectivity index (χ1) is 18.3. The molecular formula is C25H32F3N3O7S. The van der Waals surface area contributed by atoms with Crippen molar-refractivity contribution < 1.29 is 45.8 Å². The summed E-state index contributed by atoms with van der Waals surface area (Å²) >= 11 is 0. The van der Waals surface area contributed by atoms with Crippen LogP contribution in [0.2, 0.25) is 0 Å². The van der Waals surface area contributed by atoms with E-state index < -0.39 is 22.2 Å². The van der Waals surface area contributed by atoms with E-state index >= 15 is 0 Å². The normalized spacial score (nSPS) is 13.9. The van der Waals surface area contributed by atoms with E-state index in [2.05, 4.69) is 5.32 Å². The lowest BCUT2D eigenvalue weighted by molar-refractivity contribution is -0.192. The second-order valence-electron chi connectivity index (χ2n) is 8.53. The molecule has 0 aliphatic carbocycles. The predicted octanol–water partition coefficient (Wildman–Crippen LogP) is 2.66. The van der Waals surface area contributed by atoms with Crippen molar-refractivity contribution >= 4 is 21.9 Å². The van der Waals surface area contributed by atoms with Crippen molar-refractivity contribution in [1.29, 1.82) is 0 Å². The van der Waals surface area contributed by atoms with Crippen LogP contribution in [0.5, 0.6) is 11.5 Å². The standard InChI is InChI=1S/C23H31N3O5S.C2HF3O2/c1-18-5-4-6-19(15-18)17-26(12-9-23(27)25-13-10-24-11-14-25)32(28,29)22-16-20(30-2)7-8-21(22)31-3;3-2(4,5)1(6)7/h4-8,15-16,24H,9-14,17H2,1-3H3;(H,6,7). The SMILES string of the molecule is COc1ccc(OC)c(S(=O)(=O)N(CCC(=O)N2CCNCC2)Cc2cccc(C)c2)c1.O=C(O)C(F)(F)F. The summed E-state index contributed by atoms with van der Waals surface area (Å²) in [4.78, 5) is 23.4. The third-order valence-corrected chi connectivity index (χ3v) is 7.58. The van der Waals surface area contributed by atoms with Gasteiger partial charge in [0.25, 0.3) is 0 Å². The predicted molar refractivity (Wildman–Crippen MR) is 136 cm³/mol. The number of carbonyl (C=O) groups excluding carboxylic acids is 1. The average Bonchev–Trinajstić information content (AvgIpc) is 2.90. The number of alkyl halides is 3. The lowest BCUT2D eigenvalue weighted by Crippen LogP contribution is -2.47. The highest BCUT2D eigenvalue weighted by Gasteiger charge is 2.38. The van der Waals surface area contributed by atoms with Gasteiger partial charge in [-0.1, -0.05) is 29.8 Å². The number of ether oxygens (including phenoxy) is 2. The van der Waals surface area contributed by atoms with Crippen molar-refractivity contribution in [1.82, 2.24) is 14.5 Å². The number of aryl methyl sites for hydroxylation is 1. The van der Waals surface area contributed by atoms with Crippen LogP contribution in [0.3, 0.4) is 0 Å². The van der Waals surface area contributed by atoms with Crippen molar-refractivity contribution in [3.05, 3.63) is 53.6 Å². The highest BCUT2D eigenvalue weighted by molar-refractivity contribution is 7.89. The van der Waals surface area contributed by atoms with E-state index in [0.717, 1.165) is 24.2 Å². The maximum absolute atomic E-state index is 13.7. The van der Waals surface area contributed by atoms with Crippen LogP contribution in [0.25, 0.3) is 0 Å². The van der Waals surface area contributed by atoms with E-state index in [1.54, 1.807) is 17.0 Å². The molecule has 1 aliphatic heterocycles. The fourth-order valence-electron chi connectivity index (χ4n) is 3.72. The Kier molecular flexibility index (Phi) is 11.6. The number of aliphatic carboxylic acids is 1. The quantitative estimate of drug-likeness (QED) is 0.468. The van der Waals surface area contributed by atoms with E-state index in [0.29, 0.717) is 18.8 Å². The summed E-state index contributed by atoms with van der Waals surface area (Å²) < 4.78 is 71.1. The topological polar surface area (TPSA) is 125 Å². The van der Waals surface area contributed by atoms with Gasteiger partial charge in [-0.05, 0) is 24.6 Å². The second-order valence-corrected chi connectivity index (χ2v) is 10.4. The number of rotatable bonds is 9. The van der Waals surface area contributed by atoms with Crippen molar-refractivity contribution in [3.63, 3.8) is 0 Å². The van der Waals surface area contributed by atoms with E-state index in [1.807, 2.05) is 31.2 Å². The largest absolute Gasteiger partial charge is 0.497 e. The number of carboxylic acid groups (broad SMARTS) is 1. The Balaban J connectivity index is 0.000000673. The molecule has 2 aromatic carbocycles. The van der Waals surface area contributed by atoms with Gasteiger partial charge in [-0.15, -0.1) is 0 Å². The van der Waals surface area contributed by atoms with Crippen LogP contribution in [-0.2, 0) is 26.2 Å². The summed E-state index contributed by atoms with van der Waals surface area (Å²) in [6.07, 6.45) is -4.97. The monoisotopic (exact) mass is 575 g/mol. The van der Waals surface area contributed by atoms with E-state index in [-0.39, 0.29) is 36.1 Å². The molecule has 0 atom stereocenters. The summed E-state index contributed by atoms with van der Waals surface area (Å²) in [6, 6.07) is 12.4. The molecule has 1 amide bonds. The Morgan fingerprint density at radius 1 is 1.08 bits per heavy atom. The van der Waals surface area contributed by atoms with Crippen molar-refractivity contribution in [2.24, 2.45) is 0 Å². The first kappa shape index (κ1) is 31.9. The molecule has 39 heavy (non-hydrogen) atoms. The zero-order valence-electron chi connectivity index (χ0n) is 21.8. The van der Waals surface area contributed by atoms with Gasteiger partial charge in [0.05, 0.1) is 14.2 Å². The summed E-state index contributed by atoms with van der Waals surface area (Å²) in [5.41, 5.74) is 1.89. The fourth-order valence-corrected chi connectivity index (χ4v) is 5.32. The molecule has 1 fully saturated rings. The Morgan fingerprint density at radius 2 is 1.72 bits per heavy atom. The van der Waals surface area contributed by atoms with Gasteiger partial charge in [-0.2, -0.15) is 17.5 Å². The minimum Gasteiger partial charge on any atom is -0.497 e. The molecule has 0 unspecified atom stereocenters. The molecule has 0 saturated carbocycles. The Hall–Kier alpha value is -3.36. The van der Waals surface area contributed by atoms with E-state index in [9.17, 15) is 26.4 Å². The first-order valence-electron chi connectivity index (χ1n) is 11.9. The molecule has 0 radical (unpaired) electrons. The van der Waals surface area contributed by atoms with E-state index in [1.165, 1.54) is 24.6 Å². The number of amides is 1. The van der Waals surface area contributed by atoms with Gasteiger partial charge < -0.3 is 24.8 Å². The number of sulfonamides is 1. The highest BCUT2D eigenvalue weighted by Crippen LogP contribution is 2.31. The zero-order valence-corrected chi connectivity index (χ0v) is 22.6. The Morgan fingerprint density at radius 3 is 2.26 bits per heavy atom. The number of methoxy groups -OCH3 is 2. The van der Waals surface area contributed by atoms with Crippen LogP contribution in [-0.4, -0.2) is 87.7 Å². The van der Waals surface area contributed by atoms with Gasteiger partial charge in [0.15, 0.2) is 0 Å². The van der Waals surface area contributed by atoms with Crippen molar-refractivity contribution in [2.45, 2.75) is 31.0 Å². The van der Waals surface area contributed by atoms with Crippen LogP contribution in [0.4, 0.5) is 13.2 Å². The number of benzene rings is 2. The molecule has 1 aliphatic rings. The molecule has 14 heteroatoms. The minimum absolute atomic E-state index is 0.0154. The lowest BCUT2D eigenvalue weighted by atomic mass is 10.1. The van der Waals surface area contributed by atoms with Crippen LogP contribution >= 0.6 is 0 Å². The van der Waals surface area contributed by atoms with Crippen LogP contribution in [0, 0.1) is 6.92 Å². The first-order valence-corrected chi connectivity index (χ1v) is 13.3. The maximum atomic E-state index is 13.7. The van der Waals surface area contributed by atoms with Crippen LogP contribution in [0.15, 0.2) is 47.4 Å². The average molecular weight is 576 g/mol. The summed E-state index contributed by atoms with van der Waals surface area (Å²) in [6.45, 7) is 4.94. The number of piperazine rings is 1. The number of halogens is 3. The molecule has 3 rings (SSSR count). The van der Waals surface area contributed by atoms with Crippen LogP contribution < -0.4 is 14.8 Å². The number of carbonyl (C=O) groups is 2. The molecular weight excluding hydrogens is 543 g/mol. The van der Waals surface area contributed by atoms with Gasteiger partial charge in [0.2, 0.25) is 15.9 Å². The summed E-state index contributed by atoms with van der Waals surface area (Å²) in [5.74, 6) is -2.16. The van der Waals surface area contributed by atoms with Gasteiger partial charge >= 0.3 is 12.1 Å².